The SMILES string of the molecule is C=CCn1cnn(-c2ccc(Sc3cccc(C4(C#N)CCOCC4)c3)cc2)c1=O. The van der Waals surface area contributed by atoms with Crippen molar-refractivity contribution in [3.8, 4) is 11.8 Å². The van der Waals surface area contributed by atoms with Gasteiger partial charge in [0.2, 0.25) is 0 Å². The Kier molecular flexibility index (Phi) is 5.88. The Hall–Kier alpha value is -3.08. The van der Waals surface area contributed by atoms with Crippen molar-refractivity contribution < 1.29 is 4.74 Å². The van der Waals surface area contributed by atoms with E-state index >= 15 is 0 Å². The molecule has 0 aliphatic carbocycles. The Balaban J connectivity index is 1.54. The number of allylic oxidation sites excluding steroid dienone is 1. The molecule has 152 valence electrons. The second-order valence-corrected chi connectivity index (χ2v) is 8.34. The molecule has 0 N–H and O–H groups in total. The highest BCUT2D eigenvalue weighted by Crippen LogP contribution is 2.37. The molecular formula is C23H22N4O2S. The summed E-state index contributed by atoms with van der Waals surface area (Å²) >= 11 is 1.63. The molecule has 0 radical (unpaired) electrons. The Labute approximate surface area is 179 Å². The van der Waals surface area contributed by atoms with Gasteiger partial charge >= 0.3 is 5.69 Å². The van der Waals surface area contributed by atoms with Crippen LogP contribution >= 0.6 is 11.8 Å². The van der Waals surface area contributed by atoms with E-state index in [1.165, 1.54) is 15.6 Å². The molecule has 1 aromatic heterocycles. The van der Waals surface area contributed by atoms with Crippen LogP contribution in [0.2, 0.25) is 0 Å². The second kappa shape index (κ2) is 8.74. The first kappa shape index (κ1) is 20.2. The summed E-state index contributed by atoms with van der Waals surface area (Å²) in [4.78, 5) is 14.5. The molecule has 0 spiro atoms. The molecule has 0 saturated carbocycles. The summed E-state index contributed by atoms with van der Waals surface area (Å²) < 4.78 is 8.33. The molecule has 4 rings (SSSR count). The van der Waals surface area contributed by atoms with E-state index in [0.29, 0.717) is 25.4 Å². The van der Waals surface area contributed by atoms with Crippen molar-refractivity contribution in [2.75, 3.05) is 13.2 Å². The molecule has 1 aliphatic rings. The average molecular weight is 419 g/mol. The Morgan fingerprint density at radius 2 is 1.97 bits per heavy atom. The van der Waals surface area contributed by atoms with Gasteiger partial charge in [-0.15, -0.1) is 6.58 Å². The fourth-order valence-electron chi connectivity index (χ4n) is 3.61. The first-order valence-electron chi connectivity index (χ1n) is 9.78. The molecule has 1 saturated heterocycles. The highest BCUT2D eigenvalue weighted by Gasteiger charge is 2.34. The number of benzene rings is 2. The fourth-order valence-corrected chi connectivity index (χ4v) is 4.49. The maximum absolute atomic E-state index is 12.4. The first-order chi connectivity index (χ1) is 14.6. The maximum Gasteiger partial charge on any atom is 0.350 e. The molecular weight excluding hydrogens is 396 g/mol. The average Bonchev–Trinajstić information content (AvgIpc) is 3.15. The summed E-state index contributed by atoms with van der Waals surface area (Å²) in [6.45, 7) is 5.32. The van der Waals surface area contributed by atoms with Crippen LogP contribution in [0.15, 0.2) is 82.1 Å². The topological polar surface area (TPSA) is 72.8 Å². The summed E-state index contributed by atoms with van der Waals surface area (Å²) in [5.41, 5.74) is 1.10. The van der Waals surface area contributed by atoms with E-state index < -0.39 is 5.41 Å². The van der Waals surface area contributed by atoms with Crippen molar-refractivity contribution in [1.29, 1.82) is 5.26 Å². The van der Waals surface area contributed by atoms with Crippen molar-refractivity contribution in [2.24, 2.45) is 0 Å². The number of nitriles is 1. The lowest BCUT2D eigenvalue weighted by molar-refractivity contribution is 0.0675. The van der Waals surface area contributed by atoms with Crippen molar-refractivity contribution >= 4 is 11.8 Å². The highest BCUT2D eigenvalue weighted by atomic mass is 32.2. The number of aromatic nitrogens is 3. The molecule has 1 fully saturated rings. The number of ether oxygens (including phenoxy) is 1. The zero-order chi connectivity index (χ0) is 21.0. The number of hydrogen-bond donors (Lipinski definition) is 0. The van der Waals surface area contributed by atoms with Crippen LogP contribution in [0.1, 0.15) is 18.4 Å². The zero-order valence-electron chi connectivity index (χ0n) is 16.5. The third-order valence-corrected chi connectivity index (χ3v) is 6.32. The normalized spacial score (nSPS) is 15.4. The van der Waals surface area contributed by atoms with Gasteiger partial charge in [-0.2, -0.15) is 15.0 Å². The molecule has 0 atom stereocenters. The smallest absolute Gasteiger partial charge is 0.350 e. The monoisotopic (exact) mass is 418 g/mol. The van der Waals surface area contributed by atoms with Gasteiger partial charge in [0.1, 0.15) is 6.33 Å². The van der Waals surface area contributed by atoms with Crippen LogP contribution in [0.25, 0.3) is 5.69 Å². The standard InChI is InChI=1S/C23H22N4O2S/c1-2-12-26-17-25-27(22(26)28)19-6-8-20(9-7-19)30-21-5-3-4-18(15-21)23(16-24)10-13-29-14-11-23/h2-9,15,17H,1,10-14H2. The highest BCUT2D eigenvalue weighted by molar-refractivity contribution is 7.99. The van der Waals surface area contributed by atoms with Gasteiger partial charge in [0, 0.05) is 29.5 Å². The molecule has 2 aromatic carbocycles. The molecule has 0 bridgehead atoms. The maximum atomic E-state index is 12.4. The molecule has 1 aliphatic heterocycles. The van der Waals surface area contributed by atoms with Crippen LogP contribution < -0.4 is 5.69 Å². The van der Waals surface area contributed by atoms with E-state index in [-0.39, 0.29) is 5.69 Å². The minimum absolute atomic E-state index is 0.193. The Morgan fingerprint density at radius 1 is 1.20 bits per heavy atom. The predicted octanol–water partition coefficient (Wildman–Crippen LogP) is 3.94. The minimum Gasteiger partial charge on any atom is -0.381 e. The summed E-state index contributed by atoms with van der Waals surface area (Å²) in [7, 11) is 0. The van der Waals surface area contributed by atoms with Gasteiger partial charge < -0.3 is 4.74 Å². The molecule has 3 aromatic rings. The Morgan fingerprint density at radius 3 is 2.67 bits per heavy atom. The molecule has 2 heterocycles. The van der Waals surface area contributed by atoms with E-state index in [2.05, 4.69) is 23.8 Å². The Bertz CT molecular complexity index is 1140. The van der Waals surface area contributed by atoms with Crippen molar-refractivity contribution in [1.82, 2.24) is 14.3 Å². The van der Waals surface area contributed by atoms with Crippen LogP contribution in [0.4, 0.5) is 0 Å². The number of nitrogens with zero attached hydrogens (tertiary/aromatic N) is 4. The summed E-state index contributed by atoms with van der Waals surface area (Å²) in [6, 6.07) is 18.4. The second-order valence-electron chi connectivity index (χ2n) is 7.20. The van der Waals surface area contributed by atoms with Crippen molar-refractivity contribution in [3.63, 3.8) is 0 Å². The summed E-state index contributed by atoms with van der Waals surface area (Å²) in [5, 5.41) is 14.0. The lowest BCUT2D eigenvalue weighted by atomic mass is 9.75. The fraction of sp³-hybridized carbons (Fsp3) is 0.261. The molecule has 0 amide bonds. The van der Waals surface area contributed by atoms with E-state index in [1.54, 1.807) is 17.8 Å². The zero-order valence-corrected chi connectivity index (χ0v) is 17.3. The van der Waals surface area contributed by atoms with Gasteiger partial charge in [-0.1, -0.05) is 30.0 Å². The largest absolute Gasteiger partial charge is 0.381 e. The molecule has 30 heavy (non-hydrogen) atoms. The lowest BCUT2D eigenvalue weighted by Gasteiger charge is -2.31. The van der Waals surface area contributed by atoms with Gasteiger partial charge in [-0.05, 0) is 54.8 Å². The van der Waals surface area contributed by atoms with E-state index in [4.69, 9.17) is 4.74 Å². The van der Waals surface area contributed by atoms with Crippen LogP contribution in [-0.4, -0.2) is 27.6 Å². The molecule has 7 heteroatoms. The van der Waals surface area contributed by atoms with E-state index in [0.717, 1.165) is 28.2 Å². The van der Waals surface area contributed by atoms with Crippen LogP contribution in [0.5, 0.6) is 0 Å². The van der Waals surface area contributed by atoms with Crippen LogP contribution in [0.3, 0.4) is 0 Å². The van der Waals surface area contributed by atoms with Crippen molar-refractivity contribution in [3.05, 3.63) is 83.6 Å². The number of hydrogen-bond acceptors (Lipinski definition) is 5. The van der Waals surface area contributed by atoms with Gasteiger partial charge in [0.25, 0.3) is 0 Å². The minimum atomic E-state index is -0.468. The summed E-state index contributed by atoms with van der Waals surface area (Å²) in [5.74, 6) is 0. The van der Waals surface area contributed by atoms with Gasteiger partial charge in [0.05, 0.1) is 17.2 Å². The first-order valence-corrected chi connectivity index (χ1v) is 10.6. The van der Waals surface area contributed by atoms with Gasteiger partial charge in [0.15, 0.2) is 0 Å². The molecule has 6 nitrogen and oxygen atoms in total. The third-order valence-electron chi connectivity index (χ3n) is 5.32. The van der Waals surface area contributed by atoms with Gasteiger partial charge in [-0.25, -0.2) is 4.79 Å². The van der Waals surface area contributed by atoms with E-state index in [1.807, 2.05) is 42.5 Å². The van der Waals surface area contributed by atoms with Crippen LogP contribution in [-0.2, 0) is 16.7 Å². The quantitative estimate of drug-likeness (QED) is 0.567. The van der Waals surface area contributed by atoms with Crippen LogP contribution in [0, 0.1) is 11.3 Å². The third kappa shape index (κ3) is 3.97. The predicted molar refractivity (Wildman–Crippen MR) is 116 cm³/mol. The van der Waals surface area contributed by atoms with Gasteiger partial charge in [-0.3, -0.25) is 4.57 Å². The number of rotatable bonds is 6. The molecule has 0 unspecified atom stereocenters. The summed E-state index contributed by atoms with van der Waals surface area (Å²) in [6.07, 6.45) is 4.62. The van der Waals surface area contributed by atoms with Crippen molar-refractivity contribution in [2.45, 2.75) is 34.6 Å². The lowest BCUT2D eigenvalue weighted by Crippen LogP contribution is -2.32. The van der Waals surface area contributed by atoms with E-state index in [9.17, 15) is 10.1 Å².